The fourth-order valence-electron chi connectivity index (χ4n) is 1.18. The Hall–Kier alpha value is -0.910. The van der Waals surface area contributed by atoms with E-state index in [1.54, 1.807) is 6.92 Å². The van der Waals surface area contributed by atoms with Gasteiger partial charge in [0.1, 0.15) is 0 Å². The van der Waals surface area contributed by atoms with Gasteiger partial charge in [-0.2, -0.15) is 0 Å². The van der Waals surface area contributed by atoms with Crippen LogP contribution in [0.1, 0.15) is 27.2 Å². The Morgan fingerprint density at radius 2 is 1.93 bits per heavy atom. The number of sulfonamides is 1. The Labute approximate surface area is 83.1 Å². The first kappa shape index (κ1) is 11.2. The van der Waals surface area contributed by atoms with Gasteiger partial charge in [0.25, 0.3) is 15.9 Å². The molecule has 1 heterocycles. The van der Waals surface area contributed by atoms with Crippen molar-refractivity contribution in [2.45, 2.75) is 31.9 Å². The van der Waals surface area contributed by atoms with Crippen LogP contribution >= 0.6 is 0 Å². The summed E-state index contributed by atoms with van der Waals surface area (Å²) in [5.41, 5.74) is 0. The maximum atomic E-state index is 11.5. The number of nitrogens with zero attached hydrogens (tertiary/aromatic N) is 1. The maximum absolute atomic E-state index is 11.5. The van der Waals surface area contributed by atoms with E-state index in [1.807, 2.05) is 0 Å². The van der Waals surface area contributed by atoms with Crippen molar-refractivity contribution in [1.82, 2.24) is 4.31 Å². The van der Waals surface area contributed by atoms with E-state index in [9.17, 15) is 18.0 Å². The molecule has 1 fully saturated rings. The second-order valence-corrected chi connectivity index (χ2v) is 6.13. The summed E-state index contributed by atoms with van der Waals surface area (Å²) in [5.74, 6) is -0.753. The Morgan fingerprint density at radius 3 is 2.29 bits per heavy atom. The fourth-order valence-corrected chi connectivity index (χ4v) is 2.70. The van der Waals surface area contributed by atoms with E-state index < -0.39 is 20.7 Å². The van der Waals surface area contributed by atoms with E-state index in [2.05, 4.69) is 0 Å². The van der Waals surface area contributed by atoms with Gasteiger partial charge in [-0.1, -0.05) is 6.92 Å². The molecule has 0 bridgehead atoms. The lowest BCUT2D eigenvalue weighted by Crippen LogP contribution is -2.68. The third-order valence-electron chi connectivity index (χ3n) is 2.39. The van der Waals surface area contributed by atoms with Crippen molar-refractivity contribution in [3.63, 3.8) is 0 Å². The summed E-state index contributed by atoms with van der Waals surface area (Å²) < 4.78 is 22.3. The molecule has 0 radical (unpaired) electrons. The van der Waals surface area contributed by atoms with Crippen molar-refractivity contribution in [3.05, 3.63) is 0 Å². The second kappa shape index (κ2) is 3.05. The molecule has 14 heavy (non-hydrogen) atoms. The van der Waals surface area contributed by atoms with Crippen LogP contribution in [-0.2, 0) is 19.6 Å². The highest BCUT2D eigenvalue weighted by Gasteiger charge is 2.60. The maximum Gasteiger partial charge on any atom is 0.259 e. The largest absolute Gasteiger partial charge is 0.298 e. The van der Waals surface area contributed by atoms with Crippen molar-refractivity contribution < 1.29 is 18.0 Å². The van der Waals surface area contributed by atoms with E-state index in [1.165, 1.54) is 13.8 Å². The van der Waals surface area contributed by atoms with Gasteiger partial charge in [0.05, 0.1) is 6.54 Å². The van der Waals surface area contributed by atoms with E-state index in [-0.39, 0.29) is 18.7 Å². The number of hydrogen-bond donors (Lipinski definition) is 0. The molecule has 0 N–H and O–H groups in total. The molecule has 1 rings (SSSR count). The highest BCUT2D eigenvalue weighted by molar-refractivity contribution is 7.94. The van der Waals surface area contributed by atoms with Crippen LogP contribution in [0.4, 0.5) is 0 Å². The lowest BCUT2D eigenvalue weighted by molar-refractivity contribution is -0.135. The zero-order valence-electron chi connectivity index (χ0n) is 8.40. The average molecular weight is 219 g/mol. The minimum Gasteiger partial charge on any atom is -0.298 e. The van der Waals surface area contributed by atoms with E-state index in [0.29, 0.717) is 4.31 Å². The lowest BCUT2D eigenvalue weighted by Gasteiger charge is -2.42. The second-order valence-electron chi connectivity index (χ2n) is 3.72. The highest BCUT2D eigenvalue weighted by atomic mass is 32.2. The van der Waals surface area contributed by atoms with Crippen LogP contribution in [0.25, 0.3) is 0 Å². The molecule has 5 nitrogen and oxygen atoms in total. The molecule has 6 heteroatoms. The molecule has 0 unspecified atom stereocenters. The van der Waals surface area contributed by atoms with Crippen LogP contribution in [0.3, 0.4) is 0 Å². The molecule has 0 aromatic heterocycles. The number of carbonyl (C=O) groups excluding carboxylic acids is 2. The van der Waals surface area contributed by atoms with E-state index in [0.717, 1.165) is 0 Å². The predicted molar refractivity (Wildman–Crippen MR) is 50.0 cm³/mol. The Bertz CT molecular complexity index is 382. The number of rotatable bonds is 3. The summed E-state index contributed by atoms with van der Waals surface area (Å²) in [6.07, 6.45) is 0.236. The molecule has 1 amide bonds. The van der Waals surface area contributed by atoms with Gasteiger partial charge in [-0.25, -0.2) is 12.7 Å². The normalized spacial score (nSPS) is 23.1. The molecular formula is C8H13NO4S. The topological polar surface area (TPSA) is 71.5 Å². The van der Waals surface area contributed by atoms with Gasteiger partial charge in [0.2, 0.25) is 0 Å². The number of ketones is 1. The van der Waals surface area contributed by atoms with Gasteiger partial charge < -0.3 is 0 Å². The van der Waals surface area contributed by atoms with Gasteiger partial charge in [-0.05, 0) is 13.8 Å². The number of Topliss-reactive ketones (excluding diaryl/α,β-unsaturated/α-hetero) is 1. The third kappa shape index (κ3) is 1.25. The molecule has 0 atom stereocenters. The minimum absolute atomic E-state index is 0.236. The van der Waals surface area contributed by atoms with Gasteiger partial charge in [-0.3, -0.25) is 9.59 Å². The summed E-state index contributed by atoms with van der Waals surface area (Å²) in [7, 11) is -3.59. The summed E-state index contributed by atoms with van der Waals surface area (Å²) in [6.45, 7) is 4.00. The van der Waals surface area contributed by atoms with E-state index in [4.69, 9.17) is 0 Å². The average Bonchev–Trinajstić information content (AvgIpc) is 2.12. The van der Waals surface area contributed by atoms with Crippen molar-refractivity contribution in [1.29, 1.82) is 0 Å². The monoisotopic (exact) mass is 219 g/mol. The summed E-state index contributed by atoms with van der Waals surface area (Å²) in [5, 5.41) is 0. The first-order valence-corrected chi connectivity index (χ1v) is 5.77. The standard InChI is InChI=1S/C8H13NO4S/c1-4-6(10)5-9-7(11)8(2,3)14(9,12)13/h4-5H2,1-3H3. The Morgan fingerprint density at radius 1 is 1.43 bits per heavy atom. The third-order valence-corrected chi connectivity index (χ3v) is 4.73. The van der Waals surface area contributed by atoms with E-state index >= 15 is 0 Å². The Balaban J connectivity index is 2.87. The highest BCUT2D eigenvalue weighted by Crippen LogP contribution is 2.34. The number of amides is 1. The lowest BCUT2D eigenvalue weighted by atomic mass is 10.2. The smallest absolute Gasteiger partial charge is 0.259 e. The van der Waals surface area contributed by atoms with Gasteiger partial charge in [-0.15, -0.1) is 0 Å². The first-order valence-electron chi connectivity index (χ1n) is 4.33. The first-order chi connectivity index (χ1) is 6.25. The molecule has 0 saturated carbocycles. The summed E-state index contributed by atoms with van der Waals surface area (Å²) in [4.78, 5) is 22.3. The van der Waals surface area contributed by atoms with Crippen LogP contribution in [0.5, 0.6) is 0 Å². The molecule has 1 aliphatic heterocycles. The summed E-state index contributed by atoms with van der Waals surface area (Å²) >= 11 is 0. The molecule has 0 aromatic carbocycles. The Kier molecular flexibility index (Phi) is 2.43. The molecule has 1 saturated heterocycles. The van der Waals surface area contributed by atoms with Crippen molar-refractivity contribution >= 4 is 21.7 Å². The van der Waals surface area contributed by atoms with Crippen LogP contribution < -0.4 is 0 Å². The van der Waals surface area contributed by atoms with Gasteiger partial charge in [0.15, 0.2) is 10.5 Å². The molecule has 0 aliphatic carbocycles. The van der Waals surface area contributed by atoms with Crippen molar-refractivity contribution in [2.24, 2.45) is 0 Å². The molecule has 0 aromatic rings. The fraction of sp³-hybridized carbons (Fsp3) is 0.750. The summed E-state index contributed by atoms with van der Waals surface area (Å²) in [6, 6.07) is 0. The zero-order valence-corrected chi connectivity index (χ0v) is 9.22. The van der Waals surface area contributed by atoms with Crippen LogP contribution in [-0.4, -0.2) is 35.7 Å². The van der Waals surface area contributed by atoms with Gasteiger partial charge >= 0.3 is 0 Å². The molecule has 80 valence electrons. The van der Waals surface area contributed by atoms with Gasteiger partial charge in [0, 0.05) is 6.42 Å². The molecular weight excluding hydrogens is 206 g/mol. The van der Waals surface area contributed by atoms with Crippen LogP contribution in [0.2, 0.25) is 0 Å². The minimum atomic E-state index is -3.59. The SMILES string of the molecule is CCC(=O)CN1C(=O)C(C)(C)S1(=O)=O. The molecule has 0 spiro atoms. The predicted octanol–water partition coefficient (Wildman–Crippen LogP) is -0.0839. The van der Waals surface area contributed by atoms with Crippen molar-refractivity contribution in [3.8, 4) is 0 Å². The molecule has 1 aliphatic rings. The number of carbonyl (C=O) groups is 2. The van der Waals surface area contributed by atoms with Crippen LogP contribution in [0.15, 0.2) is 0 Å². The van der Waals surface area contributed by atoms with Crippen LogP contribution in [0, 0.1) is 0 Å². The quantitative estimate of drug-likeness (QED) is 0.665. The number of hydrogen-bond acceptors (Lipinski definition) is 4. The zero-order chi connectivity index (χ0) is 11.1. The van der Waals surface area contributed by atoms with Crippen molar-refractivity contribution in [2.75, 3.05) is 6.54 Å².